The Hall–Kier alpha value is -2.09. The maximum atomic E-state index is 11.6. The highest BCUT2D eigenvalue weighted by Gasteiger charge is 2.21. The number of anilines is 2. The average Bonchev–Trinajstić information content (AvgIpc) is 2.45. The second-order valence-electron chi connectivity index (χ2n) is 8.46. The molecule has 0 saturated heterocycles. The van der Waals surface area contributed by atoms with Crippen LogP contribution in [0, 0.1) is 6.07 Å². The Morgan fingerprint density at radius 1 is 0.875 bits per heavy atom. The van der Waals surface area contributed by atoms with Crippen LogP contribution in [0.3, 0.4) is 0 Å². The van der Waals surface area contributed by atoms with Crippen LogP contribution in [-0.2, 0) is 10.8 Å². The molecular weight excluding hydrogens is 294 g/mol. The van der Waals surface area contributed by atoms with Gasteiger partial charge in [0, 0.05) is 16.9 Å². The molecule has 2 aromatic carbocycles. The summed E-state index contributed by atoms with van der Waals surface area (Å²) in [6.45, 7) is 14.8. The lowest BCUT2D eigenvalue weighted by atomic mass is 9.80. The maximum Gasteiger partial charge on any atom is 0.159 e. The first-order chi connectivity index (χ1) is 11.0. The van der Waals surface area contributed by atoms with E-state index in [2.05, 4.69) is 65.1 Å². The smallest absolute Gasteiger partial charge is 0.159 e. The van der Waals surface area contributed by atoms with Gasteiger partial charge in [-0.25, -0.2) is 0 Å². The molecule has 0 aliphatic carbocycles. The number of ketones is 1. The zero-order valence-electron chi connectivity index (χ0n) is 15.9. The van der Waals surface area contributed by atoms with Gasteiger partial charge in [-0.15, -0.1) is 0 Å². The summed E-state index contributed by atoms with van der Waals surface area (Å²) < 4.78 is 0. The molecular formula is C22H28NO. The van der Waals surface area contributed by atoms with Crippen molar-refractivity contribution < 1.29 is 4.79 Å². The Balaban J connectivity index is 2.46. The number of Topliss-reactive ketones (excluding diaryl/α,β-unsaturated/α-hetero) is 1. The number of hydrogen-bond donors (Lipinski definition) is 1. The van der Waals surface area contributed by atoms with Gasteiger partial charge in [-0.3, -0.25) is 4.79 Å². The summed E-state index contributed by atoms with van der Waals surface area (Å²) in [5, 5.41) is 3.45. The van der Waals surface area contributed by atoms with Crippen molar-refractivity contribution >= 4 is 17.2 Å². The highest BCUT2D eigenvalue weighted by Crippen LogP contribution is 2.32. The summed E-state index contributed by atoms with van der Waals surface area (Å²) in [5.74, 6) is 0.0748. The lowest BCUT2D eigenvalue weighted by Gasteiger charge is -2.26. The number of carbonyl (C=O) groups excluding carboxylic acids is 1. The third kappa shape index (κ3) is 4.47. The van der Waals surface area contributed by atoms with E-state index in [0.717, 1.165) is 16.9 Å². The van der Waals surface area contributed by atoms with Crippen LogP contribution in [0.25, 0.3) is 0 Å². The first-order valence-electron chi connectivity index (χ1n) is 8.43. The molecule has 2 rings (SSSR count). The van der Waals surface area contributed by atoms with Crippen molar-refractivity contribution in [1.29, 1.82) is 0 Å². The first-order valence-corrected chi connectivity index (χ1v) is 8.43. The lowest BCUT2D eigenvalue weighted by molar-refractivity contribution is 0.101. The SMILES string of the molecule is CC(=O)c1cccc(Nc2cc(C(C)(C)C)[c]c(C(C)(C)C)c2)c1. The van der Waals surface area contributed by atoms with E-state index in [4.69, 9.17) is 0 Å². The molecule has 0 spiro atoms. The molecule has 2 heteroatoms. The minimum absolute atomic E-state index is 0.0267. The highest BCUT2D eigenvalue weighted by molar-refractivity contribution is 5.95. The zero-order valence-corrected chi connectivity index (χ0v) is 15.9. The highest BCUT2D eigenvalue weighted by atomic mass is 16.1. The maximum absolute atomic E-state index is 11.6. The van der Waals surface area contributed by atoms with Gasteiger partial charge in [0.2, 0.25) is 0 Å². The first kappa shape index (κ1) is 18.3. The van der Waals surface area contributed by atoms with Crippen LogP contribution in [0.5, 0.6) is 0 Å². The minimum Gasteiger partial charge on any atom is -0.355 e. The van der Waals surface area contributed by atoms with Gasteiger partial charge in [0.15, 0.2) is 5.78 Å². The van der Waals surface area contributed by atoms with Crippen molar-refractivity contribution in [2.45, 2.75) is 59.3 Å². The Bertz CT molecular complexity index is 713. The van der Waals surface area contributed by atoms with E-state index in [1.807, 2.05) is 24.3 Å². The predicted molar refractivity (Wildman–Crippen MR) is 102 cm³/mol. The van der Waals surface area contributed by atoms with Crippen LogP contribution in [-0.4, -0.2) is 5.78 Å². The monoisotopic (exact) mass is 322 g/mol. The molecule has 0 atom stereocenters. The summed E-state index contributed by atoms with van der Waals surface area (Å²) in [5.41, 5.74) is 5.09. The number of hydrogen-bond acceptors (Lipinski definition) is 2. The molecule has 0 aromatic heterocycles. The van der Waals surface area contributed by atoms with Crippen molar-refractivity contribution in [1.82, 2.24) is 0 Å². The van der Waals surface area contributed by atoms with Gasteiger partial charge in [0.05, 0.1) is 0 Å². The summed E-state index contributed by atoms with van der Waals surface area (Å²) in [6.07, 6.45) is 0. The molecule has 0 amide bonds. The third-order valence-electron chi connectivity index (χ3n) is 4.04. The van der Waals surface area contributed by atoms with Crippen molar-refractivity contribution in [2.24, 2.45) is 0 Å². The molecule has 1 radical (unpaired) electrons. The third-order valence-corrected chi connectivity index (χ3v) is 4.04. The second kappa shape index (κ2) is 6.43. The molecule has 0 heterocycles. The Kier molecular flexibility index (Phi) is 4.89. The van der Waals surface area contributed by atoms with E-state index >= 15 is 0 Å². The van der Waals surface area contributed by atoms with Crippen molar-refractivity contribution in [3.63, 3.8) is 0 Å². The lowest BCUT2D eigenvalue weighted by Crippen LogP contribution is -2.17. The number of nitrogens with one attached hydrogen (secondary N) is 1. The largest absolute Gasteiger partial charge is 0.355 e. The van der Waals surface area contributed by atoms with Crippen LogP contribution >= 0.6 is 0 Å². The molecule has 1 N–H and O–H groups in total. The van der Waals surface area contributed by atoms with Gasteiger partial charge in [0.25, 0.3) is 0 Å². The topological polar surface area (TPSA) is 29.1 Å². The zero-order chi connectivity index (χ0) is 18.1. The average molecular weight is 322 g/mol. The summed E-state index contributed by atoms with van der Waals surface area (Å²) in [7, 11) is 0. The molecule has 2 aromatic rings. The number of benzene rings is 2. The minimum atomic E-state index is 0.0267. The molecule has 0 unspecified atom stereocenters. The predicted octanol–water partition coefficient (Wildman–Crippen LogP) is 6.03. The van der Waals surface area contributed by atoms with E-state index in [0.29, 0.717) is 0 Å². The van der Waals surface area contributed by atoms with Crippen LogP contribution in [0.2, 0.25) is 0 Å². The fourth-order valence-corrected chi connectivity index (χ4v) is 2.43. The molecule has 0 aliphatic rings. The molecule has 0 aliphatic heterocycles. The molecule has 0 bridgehead atoms. The Morgan fingerprint density at radius 3 is 1.88 bits per heavy atom. The number of rotatable bonds is 3. The standard InChI is InChI=1S/C22H28NO/c1-15(24)16-9-8-10-19(11-16)23-20-13-17(21(2,3)4)12-18(14-20)22(5,6)7/h8-11,13-14,23H,1-7H3. The summed E-state index contributed by atoms with van der Waals surface area (Å²) >= 11 is 0. The molecule has 0 fully saturated rings. The number of carbonyl (C=O) groups is 1. The molecule has 24 heavy (non-hydrogen) atoms. The van der Waals surface area contributed by atoms with Crippen LogP contribution in [0.4, 0.5) is 11.4 Å². The van der Waals surface area contributed by atoms with Crippen molar-refractivity contribution in [3.8, 4) is 0 Å². The van der Waals surface area contributed by atoms with E-state index in [9.17, 15) is 4.79 Å². The van der Waals surface area contributed by atoms with Gasteiger partial charge in [0.1, 0.15) is 0 Å². The quantitative estimate of drug-likeness (QED) is 0.699. The van der Waals surface area contributed by atoms with Gasteiger partial charge >= 0.3 is 0 Å². The van der Waals surface area contributed by atoms with Gasteiger partial charge in [-0.2, -0.15) is 0 Å². The van der Waals surface area contributed by atoms with E-state index in [1.165, 1.54) is 11.1 Å². The van der Waals surface area contributed by atoms with Gasteiger partial charge < -0.3 is 5.32 Å². The van der Waals surface area contributed by atoms with E-state index < -0.39 is 0 Å². The fourth-order valence-electron chi connectivity index (χ4n) is 2.43. The second-order valence-corrected chi connectivity index (χ2v) is 8.46. The summed E-state index contributed by atoms with van der Waals surface area (Å²) in [6, 6.07) is 15.5. The molecule has 0 saturated carbocycles. The molecule has 2 nitrogen and oxygen atoms in total. The van der Waals surface area contributed by atoms with Crippen molar-refractivity contribution in [2.75, 3.05) is 5.32 Å². The Morgan fingerprint density at radius 2 is 1.42 bits per heavy atom. The van der Waals surface area contributed by atoms with E-state index in [-0.39, 0.29) is 16.6 Å². The van der Waals surface area contributed by atoms with Crippen LogP contribution < -0.4 is 5.32 Å². The Labute approximate surface area is 146 Å². The van der Waals surface area contributed by atoms with Gasteiger partial charge in [-0.05, 0) is 59.2 Å². The van der Waals surface area contributed by atoms with Crippen LogP contribution in [0.1, 0.15) is 70.0 Å². The normalized spacial score (nSPS) is 12.1. The molecule has 127 valence electrons. The summed E-state index contributed by atoms with van der Waals surface area (Å²) in [4.78, 5) is 11.6. The van der Waals surface area contributed by atoms with Crippen molar-refractivity contribution in [3.05, 3.63) is 59.2 Å². The van der Waals surface area contributed by atoms with Crippen LogP contribution in [0.15, 0.2) is 36.4 Å². The van der Waals surface area contributed by atoms with Gasteiger partial charge in [-0.1, -0.05) is 53.7 Å². The fraction of sp³-hybridized carbons (Fsp3) is 0.409. The van der Waals surface area contributed by atoms with E-state index in [1.54, 1.807) is 6.92 Å².